The van der Waals surface area contributed by atoms with E-state index in [1.54, 1.807) is 17.6 Å². The van der Waals surface area contributed by atoms with Gasteiger partial charge in [-0.1, -0.05) is 12.1 Å². The number of pyridine rings is 1. The van der Waals surface area contributed by atoms with Crippen molar-refractivity contribution in [2.75, 3.05) is 19.6 Å². The minimum absolute atomic E-state index is 0.105. The molecule has 1 amide bonds. The number of nitrogens with one attached hydrogen (secondary N) is 1. The highest BCUT2D eigenvalue weighted by molar-refractivity contribution is 5.93. The first-order chi connectivity index (χ1) is 14.5. The Bertz CT molecular complexity index is 1050. The molecule has 3 heterocycles. The molecule has 3 N–H and O–H groups in total. The zero-order valence-electron chi connectivity index (χ0n) is 16.5. The van der Waals surface area contributed by atoms with Gasteiger partial charge in [-0.3, -0.25) is 19.7 Å². The quantitative estimate of drug-likeness (QED) is 0.427. The van der Waals surface area contributed by atoms with Crippen molar-refractivity contribution in [1.29, 1.82) is 0 Å². The van der Waals surface area contributed by atoms with Gasteiger partial charge >= 0.3 is 5.97 Å². The monoisotopic (exact) mass is 408 g/mol. The van der Waals surface area contributed by atoms with Crippen LogP contribution in [0.5, 0.6) is 0 Å². The van der Waals surface area contributed by atoms with Crippen molar-refractivity contribution in [2.24, 2.45) is 0 Å². The number of hydroxylamine groups is 1. The van der Waals surface area contributed by atoms with Gasteiger partial charge < -0.3 is 9.67 Å². The number of carbonyl (C=O) groups excluding carboxylic acids is 1. The number of carbonyl (C=O) groups is 2. The summed E-state index contributed by atoms with van der Waals surface area (Å²) in [5.41, 5.74) is 5.24. The standard InChI is InChI=1S/C22H24N4O4/c27-20(28)14-25-10-6-16(7-11-25)18-5-9-23-21-19(18)8-12-26(21)13-15-1-3-17(4-2-15)22(29)24-30/h1-5,8-9,12,16,30H,6-7,10-11,13-14H2,(H,24,29)(H,27,28). The number of aromatic nitrogens is 2. The topological polar surface area (TPSA) is 108 Å². The molecule has 0 atom stereocenters. The summed E-state index contributed by atoms with van der Waals surface area (Å²) in [6, 6.07) is 11.2. The van der Waals surface area contributed by atoms with E-state index in [4.69, 9.17) is 10.3 Å². The summed E-state index contributed by atoms with van der Waals surface area (Å²) in [5, 5.41) is 18.8. The van der Waals surface area contributed by atoms with Crippen LogP contribution in [0.25, 0.3) is 11.0 Å². The molecule has 30 heavy (non-hydrogen) atoms. The molecule has 2 aromatic heterocycles. The molecule has 0 spiro atoms. The Labute approximate surface area is 173 Å². The smallest absolute Gasteiger partial charge is 0.317 e. The molecule has 0 bridgehead atoms. The maximum absolute atomic E-state index is 11.5. The molecule has 1 aliphatic rings. The lowest BCUT2D eigenvalue weighted by Crippen LogP contribution is -2.36. The number of likely N-dealkylation sites (tertiary alicyclic amines) is 1. The molecule has 156 valence electrons. The maximum atomic E-state index is 11.5. The average molecular weight is 408 g/mol. The normalized spacial score (nSPS) is 15.4. The molecule has 1 saturated heterocycles. The number of carboxylic acids is 1. The Morgan fingerprint density at radius 3 is 2.50 bits per heavy atom. The largest absolute Gasteiger partial charge is 0.480 e. The van der Waals surface area contributed by atoms with E-state index in [0.29, 0.717) is 18.0 Å². The van der Waals surface area contributed by atoms with Crippen molar-refractivity contribution < 1.29 is 19.9 Å². The third-order valence-corrected chi connectivity index (χ3v) is 5.75. The van der Waals surface area contributed by atoms with Gasteiger partial charge in [0.1, 0.15) is 5.65 Å². The molecule has 0 unspecified atom stereocenters. The van der Waals surface area contributed by atoms with Crippen LogP contribution in [0.15, 0.2) is 48.8 Å². The van der Waals surface area contributed by atoms with Gasteiger partial charge in [0, 0.05) is 29.9 Å². The summed E-state index contributed by atoms with van der Waals surface area (Å²) < 4.78 is 2.08. The van der Waals surface area contributed by atoms with Gasteiger partial charge in [-0.25, -0.2) is 10.5 Å². The van der Waals surface area contributed by atoms with E-state index >= 15 is 0 Å². The molecule has 3 aromatic rings. The van der Waals surface area contributed by atoms with Gasteiger partial charge in [0.05, 0.1) is 6.54 Å². The number of benzene rings is 1. The van der Waals surface area contributed by atoms with Crippen LogP contribution in [0.4, 0.5) is 0 Å². The van der Waals surface area contributed by atoms with Gasteiger partial charge in [-0.05, 0) is 67.2 Å². The van der Waals surface area contributed by atoms with Crippen molar-refractivity contribution >= 4 is 22.9 Å². The number of rotatable bonds is 6. The fourth-order valence-electron chi connectivity index (χ4n) is 4.21. The van der Waals surface area contributed by atoms with Crippen molar-refractivity contribution in [3.63, 3.8) is 0 Å². The molecular formula is C22H24N4O4. The van der Waals surface area contributed by atoms with Gasteiger partial charge in [0.25, 0.3) is 5.91 Å². The fourth-order valence-corrected chi connectivity index (χ4v) is 4.21. The predicted octanol–water partition coefficient (Wildman–Crippen LogP) is 2.47. The van der Waals surface area contributed by atoms with Crippen molar-refractivity contribution in [3.05, 3.63) is 65.5 Å². The molecule has 0 radical (unpaired) electrons. The Kier molecular flexibility index (Phi) is 5.78. The van der Waals surface area contributed by atoms with Gasteiger partial charge in [0.2, 0.25) is 0 Å². The first kappa shape index (κ1) is 20.1. The minimum atomic E-state index is -0.776. The van der Waals surface area contributed by atoms with Crippen molar-refractivity contribution in [1.82, 2.24) is 19.9 Å². The lowest BCUT2D eigenvalue weighted by atomic mass is 9.88. The Balaban J connectivity index is 1.51. The van der Waals surface area contributed by atoms with Crippen LogP contribution in [0.2, 0.25) is 0 Å². The molecule has 0 aliphatic carbocycles. The summed E-state index contributed by atoms with van der Waals surface area (Å²) in [5.74, 6) is -0.914. The summed E-state index contributed by atoms with van der Waals surface area (Å²) in [7, 11) is 0. The Morgan fingerprint density at radius 2 is 1.83 bits per heavy atom. The second kappa shape index (κ2) is 8.64. The molecule has 8 heteroatoms. The first-order valence-corrected chi connectivity index (χ1v) is 9.96. The number of fused-ring (bicyclic) bond motifs is 1. The highest BCUT2D eigenvalue weighted by atomic mass is 16.5. The van der Waals surface area contributed by atoms with Gasteiger partial charge in [-0.15, -0.1) is 0 Å². The number of aliphatic carboxylic acids is 1. The molecule has 8 nitrogen and oxygen atoms in total. The van der Waals surface area contributed by atoms with Crippen LogP contribution < -0.4 is 5.48 Å². The predicted molar refractivity (Wildman–Crippen MR) is 111 cm³/mol. The van der Waals surface area contributed by atoms with Crippen LogP contribution in [-0.2, 0) is 11.3 Å². The average Bonchev–Trinajstić information content (AvgIpc) is 3.17. The lowest BCUT2D eigenvalue weighted by molar-refractivity contribution is -0.138. The van der Waals surface area contributed by atoms with Crippen molar-refractivity contribution in [3.8, 4) is 0 Å². The number of piperidine rings is 1. The zero-order chi connectivity index (χ0) is 21.1. The highest BCUT2D eigenvalue weighted by Crippen LogP contribution is 2.33. The van der Waals surface area contributed by atoms with E-state index in [-0.39, 0.29) is 6.54 Å². The second-order valence-corrected chi connectivity index (χ2v) is 7.66. The summed E-state index contributed by atoms with van der Waals surface area (Å²) in [4.78, 5) is 29.0. The third-order valence-electron chi connectivity index (χ3n) is 5.75. The van der Waals surface area contributed by atoms with E-state index in [1.165, 1.54) is 5.56 Å². The van der Waals surface area contributed by atoms with Gasteiger partial charge in [-0.2, -0.15) is 0 Å². The van der Waals surface area contributed by atoms with E-state index in [2.05, 4.69) is 21.7 Å². The van der Waals surface area contributed by atoms with E-state index in [0.717, 1.165) is 42.5 Å². The third kappa shape index (κ3) is 4.19. The Hall–Kier alpha value is -3.23. The molecule has 1 aromatic carbocycles. The first-order valence-electron chi connectivity index (χ1n) is 9.96. The summed E-state index contributed by atoms with van der Waals surface area (Å²) in [6.07, 6.45) is 5.74. The minimum Gasteiger partial charge on any atom is -0.480 e. The van der Waals surface area contributed by atoms with E-state index < -0.39 is 11.9 Å². The van der Waals surface area contributed by atoms with Crippen LogP contribution in [0.3, 0.4) is 0 Å². The van der Waals surface area contributed by atoms with Gasteiger partial charge in [0.15, 0.2) is 0 Å². The molecule has 1 fully saturated rings. The molecular weight excluding hydrogens is 384 g/mol. The van der Waals surface area contributed by atoms with Crippen molar-refractivity contribution in [2.45, 2.75) is 25.3 Å². The Morgan fingerprint density at radius 1 is 1.10 bits per heavy atom. The number of hydrogen-bond donors (Lipinski definition) is 3. The van der Waals surface area contributed by atoms with Crippen LogP contribution in [-0.4, -0.2) is 56.3 Å². The SMILES string of the molecule is O=C(O)CN1CCC(c2ccnc3c2ccn3Cc2ccc(C(=O)NO)cc2)CC1. The highest BCUT2D eigenvalue weighted by Gasteiger charge is 2.23. The lowest BCUT2D eigenvalue weighted by Gasteiger charge is -2.31. The number of nitrogens with zero attached hydrogens (tertiary/aromatic N) is 3. The fraction of sp³-hybridized carbons (Fsp3) is 0.318. The summed E-state index contributed by atoms with van der Waals surface area (Å²) in [6.45, 7) is 2.30. The van der Waals surface area contributed by atoms with Crippen LogP contribution in [0, 0.1) is 0 Å². The molecule has 4 rings (SSSR count). The molecule has 1 aliphatic heterocycles. The molecule has 0 saturated carbocycles. The van der Waals surface area contributed by atoms with E-state index in [1.807, 2.05) is 29.4 Å². The van der Waals surface area contributed by atoms with Crippen LogP contribution in [0.1, 0.15) is 40.2 Å². The van der Waals surface area contributed by atoms with E-state index in [9.17, 15) is 9.59 Å². The number of amides is 1. The number of hydrogen-bond acceptors (Lipinski definition) is 5. The van der Waals surface area contributed by atoms with Crippen LogP contribution >= 0.6 is 0 Å². The zero-order valence-corrected chi connectivity index (χ0v) is 16.5. The maximum Gasteiger partial charge on any atom is 0.317 e. The summed E-state index contributed by atoms with van der Waals surface area (Å²) >= 11 is 0. The second-order valence-electron chi connectivity index (χ2n) is 7.66. The number of carboxylic acid groups (broad SMARTS) is 1.